The molecule has 3 aliphatic carbocycles. The van der Waals surface area contributed by atoms with Gasteiger partial charge in [0, 0.05) is 34.6 Å². The second-order valence-electron chi connectivity index (χ2n) is 10.3. The van der Waals surface area contributed by atoms with Crippen molar-refractivity contribution in [2.75, 3.05) is 11.5 Å². The van der Waals surface area contributed by atoms with Gasteiger partial charge in [0.15, 0.2) is 23.4 Å². The number of hydrogen-bond acceptors (Lipinski definition) is 11. The molecule has 1 heterocycles. The van der Waals surface area contributed by atoms with Gasteiger partial charge in [-0.1, -0.05) is 30.3 Å². The van der Waals surface area contributed by atoms with E-state index >= 15 is 0 Å². The molecule has 0 saturated heterocycles. The van der Waals surface area contributed by atoms with Gasteiger partial charge in [-0.3, -0.25) is 14.4 Å². The fourth-order valence-electron chi connectivity index (χ4n) is 6.42. The first kappa shape index (κ1) is 26.1. The number of oxazole rings is 1. The third-order valence-corrected chi connectivity index (χ3v) is 9.42. The molecule has 0 bridgehead atoms. The van der Waals surface area contributed by atoms with Crippen LogP contribution >= 0.6 is 11.8 Å². The molecule has 0 spiro atoms. The molecule has 1 aromatic heterocycles. The first-order valence-corrected chi connectivity index (χ1v) is 13.7. The third-order valence-electron chi connectivity index (χ3n) is 8.28. The fourth-order valence-corrected chi connectivity index (χ4v) is 7.62. The largest absolute Gasteiger partial charge is 0.508 e. The van der Waals surface area contributed by atoms with Crippen molar-refractivity contribution in [3.8, 4) is 0 Å². The maximum Gasteiger partial charge on any atom is 0.255 e. The molecular weight excluding hydrogens is 536 g/mol. The van der Waals surface area contributed by atoms with Crippen molar-refractivity contribution in [3.63, 3.8) is 0 Å². The maximum atomic E-state index is 14.1. The van der Waals surface area contributed by atoms with Crippen molar-refractivity contribution in [1.82, 2.24) is 4.98 Å². The maximum absolute atomic E-state index is 14.1. The molecule has 6 rings (SSSR count). The van der Waals surface area contributed by atoms with Crippen LogP contribution in [0.3, 0.4) is 0 Å². The minimum Gasteiger partial charge on any atom is -0.508 e. The molecule has 5 atom stereocenters. The highest BCUT2D eigenvalue weighted by Crippen LogP contribution is 2.56. The molecule has 3 aliphatic rings. The van der Waals surface area contributed by atoms with Crippen molar-refractivity contribution in [2.45, 2.75) is 29.7 Å². The lowest BCUT2D eigenvalue weighted by atomic mass is 9.56. The number of amides is 1. The number of carbonyl (C=O) groups excluding carboxylic acids is 3. The number of ketones is 2. The SMILES string of the molecule is NC(=O)C1=C(O)[C@@]2(O)C(=O)C3=C(O)c4c(c(N)cc5ncoc45)[C@H](CSCc4ccccc4)[C@H]3C[C@H]2[C@H](N)C1=O. The summed E-state index contributed by atoms with van der Waals surface area (Å²) in [6.45, 7) is 0. The summed E-state index contributed by atoms with van der Waals surface area (Å²) in [7, 11) is 0. The van der Waals surface area contributed by atoms with Gasteiger partial charge in [-0.05, 0) is 29.5 Å². The monoisotopic (exact) mass is 562 g/mol. The Morgan fingerprint density at radius 2 is 1.93 bits per heavy atom. The van der Waals surface area contributed by atoms with Crippen LogP contribution in [0.25, 0.3) is 16.9 Å². The number of rotatable bonds is 5. The molecule has 1 fully saturated rings. The van der Waals surface area contributed by atoms with E-state index < -0.39 is 64.0 Å². The predicted molar refractivity (Wildman–Crippen MR) is 147 cm³/mol. The minimum atomic E-state index is -2.74. The van der Waals surface area contributed by atoms with Crippen LogP contribution in [-0.2, 0) is 20.1 Å². The zero-order chi connectivity index (χ0) is 28.5. The van der Waals surface area contributed by atoms with E-state index in [0.29, 0.717) is 28.3 Å². The normalized spacial score (nSPS) is 27.9. The number of nitrogen functional groups attached to an aromatic ring is 1. The number of Topliss-reactive ketones (excluding diaryl/α,β-unsaturated/α-hetero) is 2. The lowest BCUT2D eigenvalue weighted by Crippen LogP contribution is -2.65. The van der Waals surface area contributed by atoms with Crippen molar-refractivity contribution in [1.29, 1.82) is 0 Å². The molecule has 11 nitrogen and oxygen atoms in total. The average Bonchev–Trinajstić information content (AvgIpc) is 3.39. The van der Waals surface area contributed by atoms with Crippen molar-refractivity contribution >= 4 is 51.8 Å². The van der Waals surface area contributed by atoms with Gasteiger partial charge in [0.2, 0.25) is 5.78 Å². The molecule has 12 heteroatoms. The van der Waals surface area contributed by atoms with Crippen LogP contribution < -0.4 is 17.2 Å². The lowest BCUT2D eigenvalue weighted by molar-refractivity contribution is -0.149. The summed E-state index contributed by atoms with van der Waals surface area (Å²) >= 11 is 1.59. The molecule has 9 N–H and O–H groups in total. The van der Waals surface area contributed by atoms with E-state index in [2.05, 4.69) is 4.98 Å². The zero-order valence-corrected chi connectivity index (χ0v) is 21.9. The molecule has 1 saturated carbocycles. The van der Waals surface area contributed by atoms with E-state index in [9.17, 15) is 29.7 Å². The van der Waals surface area contributed by atoms with Crippen LogP contribution in [0.15, 0.2) is 64.1 Å². The van der Waals surface area contributed by atoms with Gasteiger partial charge >= 0.3 is 0 Å². The molecule has 0 unspecified atom stereocenters. The second-order valence-corrected chi connectivity index (χ2v) is 11.4. The fraction of sp³-hybridized carbons (Fsp3) is 0.286. The highest BCUT2D eigenvalue weighted by Gasteiger charge is 2.64. The van der Waals surface area contributed by atoms with E-state index in [-0.39, 0.29) is 23.1 Å². The Kier molecular flexibility index (Phi) is 6.02. The molecule has 3 aromatic rings. The van der Waals surface area contributed by atoms with Gasteiger partial charge in [0.05, 0.1) is 11.6 Å². The highest BCUT2D eigenvalue weighted by molar-refractivity contribution is 7.98. The number of nitrogens with zero attached hydrogens (tertiary/aromatic N) is 1. The summed E-state index contributed by atoms with van der Waals surface area (Å²) in [5.74, 6) is -6.35. The van der Waals surface area contributed by atoms with Crippen LogP contribution in [0.2, 0.25) is 0 Å². The minimum absolute atomic E-state index is 0.0610. The van der Waals surface area contributed by atoms with Gasteiger partial charge in [-0.25, -0.2) is 4.98 Å². The number of fused-ring (bicyclic) bond motifs is 5. The van der Waals surface area contributed by atoms with E-state index in [1.807, 2.05) is 30.3 Å². The first-order valence-electron chi connectivity index (χ1n) is 12.6. The Hall–Kier alpha value is -4.13. The average molecular weight is 563 g/mol. The zero-order valence-electron chi connectivity index (χ0n) is 21.0. The summed E-state index contributed by atoms with van der Waals surface area (Å²) < 4.78 is 5.59. The highest BCUT2D eigenvalue weighted by atomic mass is 32.2. The number of anilines is 1. The van der Waals surface area contributed by atoms with E-state index in [0.717, 1.165) is 5.56 Å². The Morgan fingerprint density at radius 3 is 2.62 bits per heavy atom. The van der Waals surface area contributed by atoms with E-state index in [1.165, 1.54) is 6.39 Å². The first-order chi connectivity index (χ1) is 19.1. The quantitative estimate of drug-likeness (QED) is 0.195. The number of carbonyl (C=O) groups is 3. The molecular formula is C28H26N4O7S. The van der Waals surface area contributed by atoms with Gasteiger partial charge in [0.25, 0.3) is 5.91 Å². The van der Waals surface area contributed by atoms with E-state index in [1.54, 1.807) is 17.8 Å². The number of aliphatic hydroxyl groups is 3. The Balaban J connectivity index is 1.53. The lowest BCUT2D eigenvalue weighted by Gasteiger charge is -2.50. The predicted octanol–water partition coefficient (Wildman–Crippen LogP) is 1.85. The van der Waals surface area contributed by atoms with Gasteiger partial charge < -0.3 is 36.9 Å². The third kappa shape index (κ3) is 3.53. The van der Waals surface area contributed by atoms with E-state index in [4.69, 9.17) is 21.6 Å². The standard InChI is InChI=1S/C28H26N4O7S/c29-15-7-16-24(39-10-32-16)19-17(15)13(9-40-8-11-4-2-1-3-5-11)12-6-14-21(30)23(34)20(27(31)37)26(36)28(14,38)25(35)18(12)22(19)33/h1-5,7,10,12-14,21,33,36,38H,6,8-9,29-30H2,(H2,31,37)/t12-,13-,14+,21+,28+/m1/s1. The number of aromatic nitrogens is 1. The van der Waals surface area contributed by atoms with Gasteiger partial charge in [-0.15, -0.1) is 0 Å². The molecule has 40 heavy (non-hydrogen) atoms. The molecule has 1 amide bonds. The van der Waals surface area contributed by atoms with Crippen LogP contribution in [0.1, 0.15) is 29.0 Å². The van der Waals surface area contributed by atoms with Crippen molar-refractivity contribution < 1.29 is 34.1 Å². The summed E-state index contributed by atoms with van der Waals surface area (Å²) in [5.41, 5.74) is 16.9. The van der Waals surface area contributed by atoms with Crippen LogP contribution in [0, 0.1) is 11.8 Å². The molecule has 2 aromatic carbocycles. The summed E-state index contributed by atoms with van der Waals surface area (Å²) in [4.78, 5) is 43.2. The van der Waals surface area contributed by atoms with Crippen LogP contribution in [0.5, 0.6) is 0 Å². The molecule has 206 valence electrons. The summed E-state index contributed by atoms with van der Waals surface area (Å²) in [6.07, 6.45) is 1.13. The number of hydrogen-bond donors (Lipinski definition) is 6. The Labute approximate surface area is 231 Å². The second kappa shape index (κ2) is 9.22. The number of benzene rings is 2. The summed E-state index contributed by atoms with van der Waals surface area (Å²) in [5, 5.41) is 34.2. The number of primary amides is 1. The van der Waals surface area contributed by atoms with Gasteiger partial charge in [-0.2, -0.15) is 11.8 Å². The number of nitrogens with two attached hydrogens (primary N) is 3. The topological polar surface area (TPSA) is 216 Å². The van der Waals surface area contributed by atoms with Crippen molar-refractivity contribution in [3.05, 3.63) is 76.4 Å². The Bertz CT molecular complexity index is 1660. The van der Waals surface area contributed by atoms with Gasteiger partial charge in [0.1, 0.15) is 22.6 Å². The van der Waals surface area contributed by atoms with Crippen LogP contribution in [0.4, 0.5) is 5.69 Å². The Morgan fingerprint density at radius 1 is 1.20 bits per heavy atom. The summed E-state index contributed by atoms with van der Waals surface area (Å²) in [6, 6.07) is 9.92. The van der Waals surface area contributed by atoms with Crippen LogP contribution in [-0.4, -0.2) is 55.2 Å². The molecule has 0 radical (unpaired) electrons. The molecule has 0 aliphatic heterocycles. The van der Waals surface area contributed by atoms with Crippen molar-refractivity contribution in [2.24, 2.45) is 23.3 Å². The number of aliphatic hydroxyl groups excluding tert-OH is 2. The smallest absolute Gasteiger partial charge is 0.255 e. The number of thioether (sulfide) groups is 1.